The van der Waals surface area contributed by atoms with E-state index in [2.05, 4.69) is 127 Å². The summed E-state index contributed by atoms with van der Waals surface area (Å²) in [4.78, 5) is 15.1. The Morgan fingerprint density at radius 3 is 1.72 bits per heavy atom. The molecule has 0 spiro atoms. The van der Waals surface area contributed by atoms with E-state index in [0.717, 1.165) is 49.8 Å². The first-order valence-corrected chi connectivity index (χ1v) is 17.8. The molecule has 0 aliphatic heterocycles. The lowest BCUT2D eigenvalue weighted by Crippen LogP contribution is -2.00. The van der Waals surface area contributed by atoms with Crippen LogP contribution in [0.4, 0.5) is 0 Å². The van der Waals surface area contributed by atoms with Crippen molar-refractivity contribution in [3.05, 3.63) is 188 Å². The average Bonchev–Trinajstić information content (AvgIpc) is 3.63. The van der Waals surface area contributed by atoms with Gasteiger partial charge in [0, 0.05) is 21.9 Å². The summed E-state index contributed by atoms with van der Waals surface area (Å²) in [6.45, 7) is 0. The molecular formula is C49H31N3O. The fraction of sp³-hybridized carbons (Fsp3) is 0. The van der Waals surface area contributed by atoms with Crippen molar-refractivity contribution in [2.45, 2.75) is 0 Å². The second-order valence-corrected chi connectivity index (χ2v) is 13.2. The number of benzene rings is 8. The molecule has 4 nitrogen and oxygen atoms in total. The van der Waals surface area contributed by atoms with Crippen molar-refractivity contribution in [3.63, 3.8) is 0 Å². The van der Waals surface area contributed by atoms with Gasteiger partial charge in [0.2, 0.25) is 0 Å². The van der Waals surface area contributed by atoms with Crippen molar-refractivity contribution in [2.24, 2.45) is 0 Å². The predicted octanol–water partition coefficient (Wildman–Crippen LogP) is 12.9. The molecule has 8 aromatic carbocycles. The third-order valence-electron chi connectivity index (χ3n) is 9.95. The van der Waals surface area contributed by atoms with E-state index in [1.165, 1.54) is 33.0 Å². The molecule has 0 amide bonds. The lowest BCUT2D eigenvalue weighted by Gasteiger charge is -2.15. The van der Waals surface area contributed by atoms with E-state index in [0.29, 0.717) is 17.5 Å². The summed E-state index contributed by atoms with van der Waals surface area (Å²) in [6, 6.07) is 65.3. The molecule has 0 bridgehead atoms. The van der Waals surface area contributed by atoms with Gasteiger partial charge in [-0.1, -0.05) is 170 Å². The van der Waals surface area contributed by atoms with Crippen LogP contribution in [0.1, 0.15) is 0 Å². The first kappa shape index (κ1) is 30.6. The predicted molar refractivity (Wildman–Crippen MR) is 217 cm³/mol. The van der Waals surface area contributed by atoms with Crippen LogP contribution < -0.4 is 0 Å². The maximum Gasteiger partial charge on any atom is 0.167 e. The number of aromatic nitrogens is 3. The lowest BCUT2D eigenvalue weighted by atomic mass is 9.89. The van der Waals surface area contributed by atoms with Crippen molar-refractivity contribution in [3.8, 4) is 67.5 Å². The van der Waals surface area contributed by atoms with Gasteiger partial charge in [-0.15, -0.1) is 0 Å². The summed E-state index contributed by atoms with van der Waals surface area (Å²) in [7, 11) is 0. The molecule has 2 aromatic heterocycles. The van der Waals surface area contributed by atoms with Crippen LogP contribution in [-0.2, 0) is 0 Å². The van der Waals surface area contributed by atoms with Crippen molar-refractivity contribution in [1.29, 1.82) is 0 Å². The second kappa shape index (κ2) is 12.9. The fourth-order valence-electron chi connectivity index (χ4n) is 7.37. The molecule has 0 aliphatic rings. The van der Waals surface area contributed by atoms with Crippen LogP contribution in [0.25, 0.3) is 100 Å². The Bertz CT molecular complexity index is 2930. The number of fused-ring (bicyclic) bond motifs is 4. The number of hydrogen-bond donors (Lipinski definition) is 0. The quantitative estimate of drug-likeness (QED) is 0.176. The molecule has 0 saturated heterocycles. The van der Waals surface area contributed by atoms with E-state index in [1.54, 1.807) is 0 Å². The third kappa shape index (κ3) is 5.54. The van der Waals surface area contributed by atoms with Gasteiger partial charge >= 0.3 is 0 Å². The fourth-order valence-corrected chi connectivity index (χ4v) is 7.37. The Hall–Kier alpha value is -7.17. The zero-order chi connectivity index (χ0) is 35.1. The van der Waals surface area contributed by atoms with Gasteiger partial charge in [0.1, 0.15) is 11.2 Å². The first-order valence-electron chi connectivity index (χ1n) is 17.8. The number of nitrogens with zero attached hydrogens (tertiary/aromatic N) is 3. The van der Waals surface area contributed by atoms with Gasteiger partial charge in [0.15, 0.2) is 17.5 Å². The highest BCUT2D eigenvalue weighted by Gasteiger charge is 2.18. The van der Waals surface area contributed by atoms with Crippen molar-refractivity contribution in [2.75, 3.05) is 0 Å². The summed E-state index contributed by atoms with van der Waals surface area (Å²) in [5.74, 6) is 1.78. The number of furan rings is 1. The molecule has 10 rings (SSSR count). The lowest BCUT2D eigenvalue weighted by molar-refractivity contribution is 0.669. The van der Waals surface area contributed by atoms with Gasteiger partial charge in [-0.25, -0.2) is 15.0 Å². The van der Waals surface area contributed by atoms with Crippen LogP contribution in [0.2, 0.25) is 0 Å². The van der Waals surface area contributed by atoms with Gasteiger partial charge in [-0.2, -0.15) is 0 Å². The van der Waals surface area contributed by atoms with E-state index >= 15 is 0 Å². The average molecular weight is 678 g/mol. The minimum atomic E-state index is 0.567. The molecule has 0 fully saturated rings. The van der Waals surface area contributed by atoms with Gasteiger partial charge in [-0.05, 0) is 62.4 Å². The molecule has 2 heterocycles. The van der Waals surface area contributed by atoms with Gasteiger partial charge < -0.3 is 4.42 Å². The number of hydrogen-bond acceptors (Lipinski definition) is 4. The second-order valence-electron chi connectivity index (χ2n) is 13.2. The van der Waals surface area contributed by atoms with Crippen LogP contribution in [0.5, 0.6) is 0 Å². The highest BCUT2D eigenvalue weighted by Crippen LogP contribution is 2.40. The number of rotatable bonds is 6. The van der Waals surface area contributed by atoms with Crippen molar-refractivity contribution in [1.82, 2.24) is 15.0 Å². The summed E-state index contributed by atoms with van der Waals surface area (Å²) >= 11 is 0. The van der Waals surface area contributed by atoms with Crippen molar-refractivity contribution < 1.29 is 4.42 Å². The van der Waals surface area contributed by atoms with Crippen molar-refractivity contribution >= 4 is 32.7 Å². The third-order valence-corrected chi connectivity index (χ3v) is 9.95. The summed E-state index contributed by atoms with van der Waals surface area (Å²) < 4.78 is 6.40. The van der Waals surface area contributed by atoms with Crippen LogP contribution >= 0.6 is 0 Å². The van der Waals surface area contributed by atoms with Crippen LogP contribution in [0.3, 0.4) is 0 Å². The topological polar surface area (TPSA) is 51.8 Å². The summed E-state index contributed by atoms with van der Waals surface area (Å²) in [5.41, 5.74) is 11.3. The minimum absolute atomic E-state index is 0.567. The monoisotopic (exact) mass is 677 g/mol. The van der Waals surface area contributed by atoms with Crippen LogP contribution in [0, 0.1) is 0 Å². The summed E-state index contributed by atoms with van der Waals surface area (Å²) in [6.07, 6.45) is 0. The molecule has 53 heavy (non-hydrogen) atoms. The molecule has 0 N–H and O–H groups in total. The molecule has 0 saturated carbocycles. The van der Waals surface area contributed by atoms with E-state index in [-0.39, 0.29) is 0 Å². The Morgan fingerprint density at radius 1 is 0.321 bits per heavy atom. The molecule has 10 aromatic rings. The van der Waals surface area contributed by atoms with Gasteiger partial charge in [0.25, 0.3) is 0 Å². The van der Waals surface area contributed by atoms with Gasteiger partial charge in [-0.3, -0.25) is 0 Å². The standard InChI is InChI=1S/C49H31N3O/c1-3-13-33(14-4-1)40-30-29-34-15-7-8-20-39(34)45(40)35-27-25-32(26-28-35)37-18-11-19-38(31-37)48-50-47(36-16-5-2-6-17-36)51-49(52-48)43-23-12-22-42-41-21-9-10-24-44(41)53-46(42)43/h1-31H. The molecule has 0 unspecified atom stereocenters. The van der Waals surface area contributed by atoms with Crippen LogP contribution in [0.15, 0.2) is 192 Å². The maximum absolute atomic E-state index is 6.40. The Labute approximate surface area is 306 Å². The molecule has 0 aliphatic carbocycles. The first-order chi connectivity index (χ1) is 26.3. The van der Waals surface area contributed by atoms with E-state index in [1.807, 2.05) is 60.7 Å². The molecule has 248 valence electrons. The van der Waals surface area contributed by atoms with E-state index in [4.69, 9.17) is 19.4 Å². The molecule has 0 atom stereocenters. The zero-order valence-corrected chi connectivity index (χ0v) is 28.6. The van der Waals surface area contributed by atoms with Gasteiger partial charge in [0.05, 0.1) is 5.56 Å². The molecular weight excluding hydrogens is 647 g/mol. The zero-order valence-electron chi connectivity index (χ0n) is 28.6. The Morgan fingerprint density at radius 2 is 0.906 bits per heavy atom. The van der Waals surface area contributed by atoms with E-state index < -0.39 is 0 Å². The number of para-hydroxylation sites is 2. The molecule has 4 heteroatoms. The Balaban J connectivity index is 1.07. The SMILES string of the molecule is c1ccc(-c2nc(-c3cccc(-c4ccc(-c5c(-c6ccccc6)ccc6ccccc56)cc4)c3)nc(-c3cccc4c3oc3ccccc34)n2)cc1. The minimum Gasteiger partial charge on any atom is -0.455 e. The normalized spacial score (nSPS) is 11.4. The molecule has 0 radical (unpaired) electrons. The Kier molecular flexibility index (Phi) is 7.43. The smallest absolute Gasteiger partial charge is 0.167 e. The highest BCUT2D eigenvalue weighted by molar-refractivity contribution is 6.09. The maximum atomic E-state index is 6.40. The van der Waals surface area contributed by atoms with E-state index in [9.17, 15) is 0 Å². The largest absolute Gasteiger partial charge is 0.455 e. The van der Waals surface area contributed by atoms with Crippen LogP contribution in [-0.4, -0.2) is 15.0 Å². The summed E-state index contributed by atoms with van der Waals surface area (Å²) in [5, 5.41) is 4.56. The highest BCUT2D eigenvalue weighted by atomic mass is 16.3.